The number of nitrogens with one attached hydrogen (secondary N) is 2. The van der Waals surface area contributed by atoms with Crippen LogP contribution in [-0.2, 0) is 9.53 Å². The first-order chi connectivity index (χ1) is 13.7. The van der Waals surface area contributed by atoms with Crippen molar-refractivity contribution in [2.75, 3.05) is 66.4 Å². The molecule has 0 radical (unpaired) electrons. The summed E-state index contributed by atoms with van der Waals surface area (Å²) in [6.07, 6.45) is 0. The van der Waals surface area contributed by atoms with Gasteiger partial charge in [-0.25, -0.2) is 0 Å². The van der Waals surface area contributed by atoms with Crippen molar-refractivity contribution in [3.63, 3.8) is 0 Å². The first-order valence-electron chi connectivity index (χ1n) is 10.0. The predicted octanol–water partition coefficient (Wildman–Crippen LogP) is 3.42. The molecule has 1 heterocycles. The molecule has 0 bridgehead atoms. The Hall–Kier alpha value is -2.73. The number of morpholine rings is 1. The lowest BCUT2D eigenvalue weighted by atomic mass is 10.2. The second-order valence-corrected chi connectivity index (χ2v) is 6.74. The van der Waals surface area contributed by atoms with E-state index in [9.17, 15) is 4.79 Å². The number of hydrogen-bond donors (Lipinski definition) is 2. The van der Waals surface area contributed by atoms with Gasteiger partial charge in [0.25, 0.3) is 0 Å². The highest BCUT2D eigenvalue weighted by atomic mass is 16.5. The lowest BCUT2D eigenvalue weighted by Crippen LogP contribution is -2.37. The Morgan fingerprint density at radius 1 is 1.04 bits per heavy atom. The predicted molar refractivity (Wildman–Crippen MR) is 117 cm³/mol. The SMILES string of the molecule is CCN(CC)c1ccc(NCC(=O)Nc2ccccc2N2CCOCC2)cc1. The van der Waals surface area contributed by atoms with Crippen LogP contribution in [0.15, 0.2) is 48.5 Å². The van der Waals surface area contributed by atoms with Gasteiger partial charge in [0.15, 0.2) is 0 Å². The Balaban J connectivity index is 1.56. The summed E-state index contributed by atoms with van der Waals surface area (Å²) < 4.78 is 5.43. The van der Waals surface area contributed by atoms with Gasteiger partial charge in [-0.2, -0.15) is 0 Å². The van der Waals surface area contributed by atoms with Crippen LogP contribution in [0, 0.1) is 0 Å². The Labute approximate surface area is 167 Å². The maximum atomic E-state index is 12.5. The zero-order valence-corrected chi connectivity index (χ0v) is 16.8. The zero-order valence-electron chi connectivity index (χ0n) is 16.8. The minimum Gasteiger partial charge on any atom is -0.378 e. The van der Waals surface area contributed by atoms with Gasteiger partial charge in [0, 0.05) is 37.6 Å². The molecule has 28 heavy (non-hydrogen) atoms. The largest absolute Gasteiger partial charge is 0.378 e. The van der Waals surface area contributed by atoms with E-state index in [0.29, 0.717) is 13.2 Å². The number of carbonyl (C=O) groups excluding carboxylic acids is 1. The Morgan fingerprint density at radius 3 is 2.39 bits per heavy atom. The topological polar surface area (TPSA) is 56.8 Å². The van der Waals surface area contributed by atoms with Crippen molar-refractivity contribution in [3.05, 3.63) is 48.5 Å². The van der Waals surface area contributed by atoms with E-state index in [4.69, 9.17) is 4.74 Å². The first kappa shape index (κ1) is 20.0. The number of carbonyl (C=O) groups is 1. The molecule has 1 saturated heterocycles. The van der Waals surface area contributed by atoms with Crippen LogP contribution in [0.3, 0.4) is 0 Å². The average molecular weight is 383 g/mol. The van der Waals surface area contributed by atoms with Gasteiger partial charge in [0.2, 0.25) is 5.91 Å². The van der Waals surface area contributed by atoms with Crippen molar-refractivity contribution in [3.8, 4) is 0 Å². The van der Waals surface area contributed by atoms with Crippen LogP contribution in [0.4, 0.5) is 22.7 Å². The zero-order chi connectivity index (χ0) is 19.8. The molecule has 150 valence electrons. The van der Waals surface area contributed by atoms with Gasteiger partial charge in [0.05, 0.1) is 31.1 Å². The van der Waals surface area contributed by atoms with E-state index in [-0.39, 0.29) is 12.5 Å². The van der Waals surface area contributed by atoms with Crippen molar-refractivity contribution >= 4 is 28.7 Å². The number of amides is 1. The molecule has 0 aliphatic carbocycles. The number of nitrogens with zero attached hydrogens (tertiary/aromatic N) is 2. The van der Waals surface area contributed by atoms with Gasteiger partial charge in [0.1, 0.15) is 0 Å². The molecule has 1 fully saturated rings. The summed E-state index contributed by atoms with van der Waals surface area (Å²) in [7, 11) is 0. The summed E-state index contributed by atoms with van der Waals surface area (Å²) in [5, 5.41) is 6.24. The Bertz CT molecular complexity index is 753. The van der Waals surface area contributed by atoms with Crippen LogP contribution < -0.4 is 20.4 Å². The van der Waals surface area contributed by atoms with Crippen molar-refractivity contribution in [2.45, 2.75) is 13.8 Å². The number of anilines is 4. The van der Waals surface area contributed by atoms with Gasteiger partial charge >= 0.3 is 0 Å². The lowest BCUT2D eigenvalue weighted by Gasteiger charge is -2.30. The Kier molecular flexibility index (Phi) is 7.14. The number of ether oxygens (including phenoxy) is 1. The molecule has 2 aromatic carbocycles. The van der Waals surface area contributed by atoms with Gasteiger partial charge in [-0.3, -0.25) is 4.79 Å². The number of rotatable bonds is 8. The fourth-order valence-corrected chi connectivity index (χ4v) is 3.41. The maximum Gasteiger partial charge on any atom is 0.243 e. The minimum absolute atomic E-state index is 0.0615. The van der Waals surface area contributed by atoms with E-state index in [0.717, 1.165) is 43.2 Å². The summed E-state index contributed by atoms with van der Waals surface area (Å²) in [6.45, 7) is 9.59. The van der Waals surface area contributed by atoms with Crippen LogP contribution >= 0.6 is 0 Å². The lowest BCUT2D eigenvalue weighted by molar-refractivity contribution is -0.114. The molecule has 1 amide bonds. The quantitative estimate of drug-likeness (QED) is 0.733. The number of hydrogen-bond acceptors (Lipinski definition) is 5. The van der Waals surface area contributed by atoms with E-state index in [1.54, 1.807) is 0 Å². The van der Waals surface area contributed by atoms with E-state index >= 15 is 0 Å². The molecule has 3 rings (SSSR count). The third kappa shape index (κ3) is 5.16. The van der Waals surface area contributed by atoms with Crippen LogP contribution in [0.25, 0.3) is 0 Å². The molecule has 0 saturated carbocycles. The van der Waals surface area contributed by atoms with Gasteiger partial charge in [-0.05, 0) is 50.2 Å². The smallest absolute Gasteiger partial charge is 0.243 e. The van der Waals surface area contributed by atoms with Crippen LogP contribution in [0.2, 0.25) is 0 Å². The summed E-state index contributed by atoms with van der Waals surface area (Å²) in [5.74, 6) is -0.0615. The first-order valence-corrected chi connectivity index (χ1v) is 10.0. The summed E-state index contributed by atoms with van der Waals surface area (Å²) in [4.78, 5) is 17.0. The maximum absolute atomic E-state index is 12.5. The van der Waals surface area contributed by atoms with Gasteiger partial charge in [-0.1, -0.05) is 12.1 Å². The van der Waals surface area contributed by atoms with E-state index in [1.807, 2.05) is 36.4 Å². The molecule has 0 atom stereocenters. The molecule has 2 N–H and O–H groups in total. The van der Waals surface area contributed by atoms with Crippen molar-refractivity contribution in [2.24, 2.45) is 0 Å². The van der Waals surface area contributed by atoms with E-state index in [2.05, 4.69) is 46.4 Å². The summed E-state index contributed by atoms with van der Waals surface area (Å²) in [5.41, 5.74) is 4.02. The second kappa shape index (κ2) is 9.99. The highest BCUT2D eigenvalue weighted by Gasteiger charge is 2.15. The summed E-state index contributed by atoms with van der Waals surface area (Å²) in [6, 6.07) is 16.1. The van der Waals surface area contributed by atoms with E-state index in [1.165, 1.54) is 5.69 Å². The fraction of sp³-hybridized carbons (Fsp3) is 0.409. The number of benzene rings is 2. The molecule has 1 aliphatic heterocycles. The molecule has 1 aliphatic rings. The monoisotopic (exact) mass is 382 g/mol. The molecule has 6 nitrogen and oxygen atoms in total. The molecule has 0 aromatic heterocycles. The number of para-hydroxylation sites is 2. The van der Waals surface area contributed by atoms with Gasteiger partial charge < -0.3 is 25.2 Å². The molecule has 6 heteroatoms. The average Bonchev–Trinajstić information content (AvgIpc) is 2.75. The van der Waals surface area contributed by atoms with Crippen LogP contribution in [0.5, 0.6) is 0 Å². The molecule has 0 unspecified atom stereocenters. The van der Waals surface area contributed by atoms with Crippen molar-refractivity contribution < 1.29 is 9.53 Å². The van der Waals surface area contributed by atoms with Gasteiger partial charge in [-0.15, -0.1) is 0 Å². The normalized spacial score (nSPS) is 13.9. The molecule has 2 aromatic rings. The Morgan fingerprint density at radius 2 is 1.71 bits per heavy atom. The standard InChI is InChI=1S/C22H30N4O2/c1-3-25(4-2)19-11-9-18(10-12-19)23-17-22(27)24-20-7-5-6-8-21(20)26-13-15-28-16-14-26/h5-12,23H,3-4,13-17H2,1-2H3,(H,24,27). The molecular formula is C22H30N4O2. The van der Waals surface area contributed by atoms with Crippen LogP contribution in [-0.4, -0.2) is 51.8 Å². The highest BCUT2D eigenvalue weighted by Crippen LogP contribution is 2.26. The van der Waals surface area contributed by atoms with Crippen LogP contribution in [0.1, 0.15) is 13.8 Å². The fourth-order valence-electron chi connectivity index (χ4n) is 3.41. The third-order valence-corrected chi connectivity index (χ3v) is 4.98. The molecular weight excluding hydrogens is 352 g/mol. The second-order valence-electron chi connectivity index (χ2n) is 6.74. The minimum atomic E-state index is -0.0615. The highest BCUT2D eigenvalue weighted by molar-refractivity contribution is 5.96. The molecule has 0 spiro atoms. The van der Waals surface area contributed by atoms with Crippen molar-refractivity contribution in [1.82, 2.24) is 0 Å². The third-order valence-electron chi connectivity index (χ3n) is 4.98. The van der Waals surface area contributed by atoms with Crippen molar-refractivity contribution in [1.29, 1.82) is 0 Å². The van der Waals surface area contributed by atoms with E-state index < -0.39 is 0 Å². The summed E-state index contributed by atoms with van der Waals surface area (Å²) >= 11 is 0.